The summed E-state index contributed by atoms with van der Waals surface area (Å²) in [6.45, 7) is 4.80. The van der Waals surface area contributed by atoms with Crippen molar-refractivity contribution in [3.8, 4) is 0 Å². The lowest BCUT2D eigenvalue weighted by Gasteiger charge is -2.24. The van der Waals surface area contributed by atoms with Crippen molar-refractivity contribution >= 4 is 23.0 Å². The Hall–Kier alpha value is -1.50. The minimum absolute atomic E-state index is 0.127. The Balaban J connectivity index is 3.44. The van der Waals surface area contributed by atoms with E-state index in [2.05, 4.69) is 0 Å². The van der Waals surface area contributed by atoms with E-state index in [1.165, 1.54) is 0 Å². The minimum Gasteiger partial charge on any atom is -0.366 e. The van der Waals surface area contributed by atoms with Gasteiger partial charge in [0.1, 0.15) is 5.69 Å². The molecular formula is C13H16ClF3N2O2. The summed E-state index contributed by atoms with van der Waals surface area (Å²) < 4.78 is 38.4. The highest BCUT2D eigenvalue weighted by atomic mass is 35.5. The SMILES string of the molecule is CCCN(CCC)c1cc(Cl)c(C(F)(F)F)cc1[N+](=O)[O-]. The second kappa shape index (κ2) is 6.98. The fourth-order valence-electron chi connectivity index (χ4n) is 2.06. The number of hydrogen-bond donors (Lipinski definition) is 0. The highest BCUT2D eigenvalue weighted by Crippen LogP contribution is 2.41. The van der Waals surface area contributed by atoms with Gasteiger partial charge in [-0.25, -0.2) is 0 Å². The van der Waals surface area contributed by atoms with E-state index in [1.807, 2.05) is 13.8 Å². The number of anilines is 1. The molecule has 8 heteroatoms. The van der Waals surface area contributed by atoms with Crippen molar-refractivity contribution in [2.45, 2.75) is 32.9 Å². The van der Waals surface area contributed by atoms with Crippen LogP contribution in [0.25, 0.3) is 0 Å². The van der Waals surface area contributed by atoms with Gasteiger partial charge in [-0.15, -0.1) is 0 Å². The Labute approximate surface area is 125 Å². The van der Waals surface area contributed by atoms with Gasteiger partial charge in [-0.3, -0.25) is 10.1 Å². The van der Waals surface area contributed by atoms with Gasteiger partial charge < -0.3 is 4.90 Å². The summed E-state index contributed by atoms with van der Waals surface area (Å²) in [7, 11) is 0. The van der Waals surface area contributed by atoms with E-state index in [0.717, 1.165) is 18.9 Å². The fourth-order valence-corrected chi connectivity index (χ4v) is 2.33. The normalized spacial score (nSPS) is 11.5. The van der Waals surface area contributed by atoms with Crippen LogP contribution in [-0.4, -0.2) is 18.0 Å². The minimum atomic E-state index is -4.72. The van der Waals surface area contributed by atoms with Gasteiger partial charge in [0.2, 0.25) is 0 Å². The summed E-state index contributed by atoms with van der Waals surface area (Å²) in [5.41, 5.74) is -1.64. The molecule has 0 saturated carbocycles. The van der Waals surface area contributed by atoms with E-state index < -0.39 is 27.4 Å². The largest absolute Gasteiger partial charge is 0.418 e. The van der Waals surface area contributed by atoms with Crippen LogP contribution >= 0.6 is 11.6 Å². The molecule has 118 valence electrons. The summed E-state index contributed by atoms with van der Waals surface area (Å²) in [4.78, 5) is 12.0. The molecule has 0 atom stereocenters. The average molecular weight is 325 g/mol. The number of halogens is 4. The van der Waals surface area contributed by atoms with Crippen molar-refractivity contribution in [2.24, 2.45) is 0 Å². The molecule has 1 aromatic carbocycles. The molecule has 21 heavy (non-hydrogen) atoms. The van der Waals surface area contributed by atoms with E-state index in [1.54, 1.807) is 4.90 Å². The summed E-state index contributed by atoms with van der Waals surface area (Å²) >= 11 is 5.67. The Bertz CT molecular complexity index is 515. The van der Waals surface area contributed by atoms with Crippen LogP contribution in [0.3, 0.4) is 0 Å². The quantitative estimate of drug-likeness (QED) is 0.552. The van der Waals surface area contributed by atoms with Gasteiger partial charge in [-0.1, -0.05) is 25.4 Å². The molecule has 0 aromatic heterocycles. The molecule has 0 amide bonds. The number of alkyl halides is 3. The lowest BCUT2D eigenvalue weighted by Crippen LogP contribution is -2.26. The average Bonchev–Trinajstić information content (AvgIpc) is 2.36. The molecule has 0 N–H and O–H groups in total. The standard InChI is InChI=1S/C13H16ClF3N2O2/c1-3-5-18(6-4-2)11-8-10(14)9(13(15,16)17)7-12(11)19(20)21/h7-8H,3-6H2,1-2H3. The van der Waals surface area contributed by atoms with E-state index in [-0.39, 0.29) is 5.69 Å². The second-order valence-electron chi connectivity index (χ2n) is 4.56. The number of nitro benzene ring substituents is 1. The summed E-state index contributed by atoms with van der Waals surface area (Å²) in [5, 5.41) is 10.6. The van der Waals surface area contributed by atoms with Gasteiger partial charge in [0.15, 0.2) is 0 Å². The zero-order valence-corrected chi connectivity index (χ0v) is 12.5. The van der Waals surface area contributed by atoms with Crippen molar-refractivity contribution in [2.75, 3.05) is 18.0 Å². The van der Waals surface area contributed by atoms with Crippen LogP contribution in [0.15, 0.2) is 12.1 Å². The fraction of sp³-hybridized carbons (Fsp3) is 0.538. The number of nitrogens with zero attached hydrogens (tertiary/aromatic N) is 2. The molecule has 0 aliphatic carbocycles. The topological polar surface area (TPSA) is 46.4 Å². The van der Waals surface area contributed by atoms with Crippen LogP contribution in [0.2, 0.25) is 5.02 Å². The van der Waals surface area contributed by atoms with E-state index in [4.69, 9.17) is 11.6 Å². The van der Waals surface area contributed by atoms with E-state index >= 15 is 0 Å². The smallest absolute Gasteiger partial charge is 0.366 e. The molecule has 0 heterocycles. The maximum absolute atomic E-state index is 12.8. The lowest BCUT2D eigenvalue weighted by atomic mass is 10.1. The highest BCUT2D eigenvalue weighted by Gasteiger charge is 2.36. The third-order valence-corrected chi connectivity index (χ3v) is 3.21. The van der Waals surface area contributed by atoms with E-state index in [0.29, 0.717) is 19.2 Å². The van der Waals surface area contributed by atoms with Crippen molar-refractivity contribution < 1.29 is 18.1 Å². The molecule has 0 saturated heterocycles. The first-order chi connectivity index (χ1) is 9.72. The molecule has 0 unspecified atom stereocenters. The summed E-state index contributed by atoms with van der Waals surface area (Å²) in [5.74, 6) is 0. The monoisotopic (exact) mass is 324 g/mol. The molecule has 0 aliphatic heterocycles. The van der Waals surface area contributed by atoms with E-state index in [9.17, 15) is 23.3 Å². The molecule has 0 bridgehead atoms. The van der Waals surface area contributed by atoms with Gasteiger partial charge in [0, 0.05) is 19.2 Å². The first-order valence-corrected chi connectivity index (χ1v) is 6.90. The number of nitro groups is 1. The molecule has 0 aliphatic rings. The summed E-state index contributed by atoms with van der Waals surface area (Å²) in [6.07, 6.45) is -3.29. The van der Waals surface area contributed by atoms with Crippen molar-refractivity contribution in [1.82, 2.24) is 0 Å². The first-order valence-electron chi connectivity index (χ1n) is 6.52. The Kier molecular flexibility index (Phi) is 5.83. The van der Waals surface area contributed by atoms with Crippen LogP contribution in [0.4, 0.5) is 24.5 Å². The molecule has 0 spiro atoms. The van der Waals surface area contributed by atoms with Crippen molar-refractivity contribution in [3.05, 3.63) is 32.8 Å². The molecule has 0 fully saturated rings. The maximum Gasteiger partial charge on any atom is 0.418 e. The maximum atomic E-state index is 12.8. The predicted molar refractivity (Wildman–Crippen MR) is 75.9 cm³/mol. The highest BCUT2D eigenvalue weighted by molar-refractivity contribution is 6.31. The lowest BCUT2D eigenvalue weighted by molar-refractivity contribution is -0.384. The van der Waals surface area contributed by atoms with Crippen molar-refractivity contribution in [3.63, 3.8) is 0 Å². The number of benzene rings is 1. The number of hydrogen-bond acceptors (Lipinski definition) is 3. The van der Waals surface area contributed by atoms with Crippen LogP contribution in [0.5, 0.6) is 0 Å². The Morgan fingerprint density at radius 2 is 1.76 bits per heavy atom. The third kappa shape index (κ3) is 4.23. The molecule has 4 nitrogen and oxygen atoms in total. The molecular weight excluding hydrogens is 309 g/mol. The van der Waals surface area contributed by atoms with Gasteiger partial charge in [0.05, 0.1) is 15.5 Å². The molecule has 1 aromatic rings. The van der Waals surface area contributed by atoms with Crippen LogP contribution in [0, 0.1) is 10.1 Å². The Morgan fingerprint density at radius 1 is 1.24 bits per heavy atom. The van der Waals surface area contributed by atoms with Crippen LogP contribution in [0.1, 0.15) is 32.3 Å². The predicted octanol–water partition coefficient (Wildman–Crippen LogP) is 4.89. The van der Waals surface area contributed by atoms with Gasteiger partial charge in [-0.2, -0.15) is 13.2 Å². The van der Waals surface area contributed by atoms with Crippen LogP contribution < -0.4 is 4.90 Å². The number of rotatable bonds is 6. The zero-order chi connectivity index (χ0) is 16.2. The van der Waals surface area contributed by atoms with Gasteiger partial charge in [-0.05, 0) is 18.9 Å². The second-order valence-corrected chi connectivity index (χ2v) is 4.97. The van der Waals surface area contributed by atoms with Crippen molar-refractivity contribution in [1.29, 1.82) is 0 Å². The van der Waals surface area contributed by atoms with Gasteiger partial charge >= 0.3 is 6.18 Å². The van der Waals surface area contributed by atoms with Crippen LogP contribution in [-0.2, 0) is 6.18 Å². The molecule has 1 rings (SSSR count). The Morgan fingerprint density at radius 3 is 2.14 bits per heavy atom. The zero-order valence-electron chi connectivity index (χ0n) is 11.7. The third-order valence-electron chi connectivity index (χ3n) is 2.89. The summed E-state index contributed by atoms with van der Waals surface area (Å²) in [6, 6.07) is 1.55. The van der Waals surface area contributed by atoms with Gasteiger partial charge in [0.25, 0.3) is 5.69 Å². The molecule has 0 radical (unpaired) electrons. The first kappa shape index (κ1) is 17.6.